The lowest BCUT2D eigenvalue weighted by atomic mass is 10.1. The van der Waals surface area contributed by atoms with Crippen molar-refractivity contribution in [1.82, 2.24) is 0 Å². The Bertz CT molecular complexity index is 991. The smallest absolute Gasteiger partial charge is 0.185 e. The van der Waals surface area contributed by atoms with E-state index in [4.69, 9.17) is 9.47 Å². The van der Waals surface area contributed by atoms with E-state index in [1.165, 1.54) is 5.56 Å². The number of halogens is 1. The van der Waals surface area contributed by atoms with Gasteiger partial charge in [0.1, 0.15) is 18.1 Å². The molecule has 0 saturated heterocycles. The normalized spacial score (nSPS) is 10.8. The highest BCUT2D eigenvalue weighted by atomic mass is 79.9. The molecular weight excluding hydrogens is 416 g/mol. The highest BCUT2D eigenvalue weighted by Gasteiger charge is 2.06. The first-order valence-electron chi connectivity index (χ1n) is 8.89. The van der Waals surface area contributed by atoms with Gasteiger partial charge in [0.05, 0.1) is 7.11 Å². The maximum absolute atomic E-state index is 12.4. The van der Waals surface area contributed by atoms with Crippen LogP contribution < -0.4 is 9.47 Å². The summed E-state index contributed by atoms with van der Waals surface area (Å²) in [6, 6.07) is 21.0. The number of aryl methyl sites for hydroxylation is 1. The molecule has 0 bridgehead atoms. The van der Waals surface area contributed by atoms with E-state index in [1.807, 2.05) is 67.6 Å². The zero-order valence-electron chi connectivity index (χ0n) is 15.8. The quantitative estimate of drug-likeness (QED) is 0.324. The SMILES string of the molecule is COc1ccc(/C=C/C(=O)c2cccc(Br)c2)cc1COc1ccc(C)cc1. The Balaban J connectivity index is 1.74. The molecule has 0 aliphatic heterocycles. The molecule has 0 amide bonds. The number of allylic oxidation sites excluding steroid dienone is 1. The Hall–Kier alpha value is -2.85. The summed E-state index contributed by atoms with van der Waals surface area (Å²) in [5.41, 5.74) is 3.65. The third kappa shape index (κ3) is 5.33. The molecule has 28 heavy (non-hydrogen) atoms. The molecule has 142 valence electrons. The minimum atomic E-state index is -0.0467. The standard InChI is InChI=1S/C24H21BrO3/c1-17-6-10-22(11-7-17)28-16-20-14-18(9-13-24(20)27-2)8-12-23(26)19-4-3-5-21(25)15-19/h3-15H,16H2,1-2H3/b12-8+. The van der Waals surface area contributed by atoms with Gasteiger partial charge in [0.25, 0.3) is 0 Å². The van der Waals surface area contributed by atoms with Crippen molar-refractivity contribution in [2.45, 2.75) is 13.5 Å². The van der Waals surface area contributed by atoms with E-state index >= 15 is 0 Å². The summed E-state index contributed by atoms with van der Waals surface area (Å²) in [6.45, 7) is 2.42. The van der Waals surface area contributed by atoms with E-state index in [0.717, 1.165) is 27.1 Å². The fraction of sp³-hybridized carbons (Fsp3) is 0.125. The van der Waals surface area contributed by atoms with Crippen molar-refractivity contribution in [3.63, 3.8) is 0 Å². The molecule has 0 aliphatic carbocycles. The summed E-state index contributed by atoms with van der Waals surface area (Å²) < 4.78 is 12.2. The molecule has 3 aromatic carbocycles. The Morgan fingerprint density at radius 2 is 1.82 bits per heavy atom. The van der Waals surface area contributed by atoms with Crippen LogP contribution in [0.25, 0.3) is 6.08 Å². The maximum Gasteiger partial charge on any atom is 0.185 e. The second-order valence-electron chi connectivity index (χ2n) is 6.38. The monoisotopic (exact) mass is 436 g/mol. The molecule has 0 radical (unpaired) electrons. The first-order valence-corrected chi connectivity index (χ1v) is 9.69. The van der Waals surface area contributed by atoms with Gasteiger partial charge in [-0.3, -0.25) is 4.79 Å². The number of hydrogen-bond acceptors (Lipinski definition) is 3. The van der Waals surface area contributed by atoms with Crippen LogP contribution >= 0.6 is 15.9 Å². The average Bonchev–Trinajstić information content (AvgIpc) is 2.71. The number of ketones is 1. The molecule has 0 fully saturated rings. The highest BCUT2D eigenvalue weighted by molar-refractivity contribution is 9.10. The summed E-state index contributed by atoms with van der Waals surface area (Å²) in [4.78, 5) is 12.4. The molecule has 0 aliphatic rings. The minimum Gasteiger partial charge on any atom is -0.496 e. The summed E-state index contributed by atoms with van der Waals surface area (Å²) in [5.74, 6) is 1.51. The van der Waals surface area contributed by atoms with Crippen LogP contribution in [0.5, 0.6) is 11.5 Å². The molecule has 3 rings (SSSR count). The minimum absolute atomic E-state index is 0.0467. The van der Waals surface area contributed by atoms with E-state index in [1.54, 1.807) is 25.3 Å². The summed E-state index contributed by atoms with van der Waals surface area (Å²) in [5, 5.41) is 0. The van der Waals surface area contributed by atoms with Crippen molar-refractivity contribution < 1.29 is 14.3 Å². The van der Waals surface area contributed by atoms with Gasteiger partial charge in [-0.2, -0.15) is 0 Å². The second kappa shape index (κ2) is 9.38. The molecule has 4 heteroatoms. The molecule has 0 spiro atoms. The lowest BCUT2D eigenvalue weighted by molar-refractivity contribution is 0.104. The van der Waals surface area contributed by atoms with Gasteiger partial charge in [-0.15, -0.1) is 0 Å². The molecule has 0 saturated carbocycles. The van der Waals surface area contributed by atoms with Gasteiger partial charge < -0.3 is 9.47 Å². The van der Waals surface area contributed by atoms with E-state index in [0.29, 0.717) is 12.2 Å². The molecule has 3 aromatic rings. The van der Waals surface area contributed by atoms with Crippen molar-refractivity contribution >= 4 is 27.8 Å². The number of methoxy groups -OCH3 is 1. The summed E-state index contributed by atoms with van der Waals surface area (Å²) in [7, 11) is 1.64. The van der Waals surface area contributed by atoms with Gasteiger partial charge in [0, 0.05) is 15.6 Å². The molecular formula is C24H21BrO3. The van der Waals surface area contributed by atoms with Gasteiger partial charge in [-0.05, 0) is 55.0 Å². The molecule has 0 heterocycles. The number of ether oxygens (including phenoxy) is 2. The fourth-order valence-corrected chi connectivity index (χ4v) is 3.12. The third-order valence-corrected chi connectivity index (χ3v) is 4.75. The van der Waals surface area contributed by atoms with Crippen molar-refractivity contribution in [3.8, 4) is 11.5 Å². The molecule has 0 aromatic heterocycles. The van der Waals surface area contributed by atoms with Crippen molar-refractivity contribution in [2.24, 2.45) is 0 Å². The predicted molar refractivity (Wildman–Crippen MR) is 116 cm³/mol. The van der Waals surface area contributed by atoms with Crippen LogP contribution in [0.2, 0.25) is 0 Å². The Kier molecular flexibility index (Phi) is 6.66. The van der Waals surface area contributed by atoms with E-state index in [-0.39, 0.29) is 5.78 Å². The largest absolute Gasteiger partial charge is 0.496 e. The number of carbonyl (C=O) groups excluding carboxylic acids is 1. The van der Waals surface area contributed by atoms with Crippen molar-refractivity contribution in [2.75, 3.05) is 7.11 Å². The van der Waals surface area contributed by atoms with E-state index in [2.05, 4.69) is 15.9 Å². The number of hydrogen-bond donors (Lipinski definition) is 0. The van der Waals surface area contributed by atoms with Crippen LogP contribution in [0.15, 0.2) is 77.3 Å². The molecule has 0 unspecified atom stereocenters. The van der Waals surface area contributed by atoms with Crippen molar-refractivity contribution in [3.05, 3.63) is 99.5 Å². The number of carbonyl (C=O) groups is 1. The Labute approximate surface area is 173 Å². The maximum atomic E-state index is 12.4. The molecule has 3 nitrogen and oxygen atoms in total. The average molecular weight is 437 g/mol. The van der Waals surface area contributed by atoms with Gasteiger partial charge in [-0.25, -0.2) is 0 Å². The first-order chi connectivity index (χ1) is 13.5. The topological polar surface area (TPSA) is 35.5 Å². The van der Waals surface area contributed by atoms with Crippen molar-refractivity contribution in [1.29, 1.82) is 0 Å². The Morgan fingerprint density at radius 1 is 1.04 bits per heavy atom. The predicted octanol–water partition coefficient (Wildman–Crippen LogP) is 6.24. The lowest BCUT2D eigenvalue weighted by Gasteiger charge is -2.11. The van der Waals surface area contributed by atoms with Gasteiger partial charge >= 0.3 is 0 Å². The number of rotatable bonds is 7. The zero-order chi connectivity index (χ0) is 19.9. The summed E-state index contributed by atoms with van der Waals surface area (Å²) >= 11 is 3.39. The van der Waals surface area contributed by atoms with Gasteiger partial charge in [0.2, 0.25) is 0 Å². The van der Waals surface area contributed by atoms with Crippen LogP contribution in [-0.2, 0) is 6.61 Å². The van der Waals surface area contributed by atoms with Gasteiger partial charge in [-0.1, -0.05) is 57.9 Å². The third-order valence-electron chi connectivity index (χ3n) is 4.26. The number of benzene rings is 3. The van der Waals surface area contributed by atoms with Crippen LogP contribution in [0.1, 0.15) is 27.0 Å². The van der Waals surface area contributed by atoms with Crippen LogP contribution in [-0.4, -0.2) is 12.9 Å². The molecule has 0 atom stereocenters. The highest BCUT2D eigenvalue weighted by Crippen LogP contribution is 2.23. The summed E-state index contributed by atoms with van der Waals surface area (Å²) in [6.07, 6.45) is 3.38. The van der Waals surface area contributed by atoms with Crippen LogP contribution in [0.4, 0.5) is 0 Å². The Morgan fingerprint density at radius 3 is 2.54 bits per heavy atom. The lowest BCUT2D eigenvalue weighted by Crippen LogP contribution is -1.99. The fourth-order valence-electron chi connectivity index (χ4n) is 2.72. The second-order valence-corrected chi connectivity index (χ2v) is 7.30. The van der Waals surface area contributed by atoms with Gasteiger partial charge in [0.15, 0.2) is 5.78 Å². The zero-order valence-corrected chi connectivity index (χ0v) is 17.4. The van der Waals surface area contributed by atoms with Crippen LogP contribution in [0.3, 0.4) is 0 Å². The first kappa shape index (κ1) is 19.9. The van der Waals surface area contributed by atoms with E-state index < -0.39 is 0 Å². The van der Waals surface area contributed by atoms with E-state index in [9.17, 15) is 4.79 Å². The van der Waals surface area contributed by atoms with Crippen LogP contribution in [0, 0.1) is 6.92 Å². The molecule has 0 N–H and O–H groups in total.